The van der Waals surface area contributed by atoms with Crippen molar-refractivity contribution in [1.82, 2.24) is 4.90 Å². The first kappa shape index (κ1) is 21.9. The van der Waals surface area contributed by atoms with Crippen molar-refractivity contribution in [3.63, 3.8) is 0 Å². The van der Waals surface area contributed by atoms with Crippen molar-refractivity contribution >= 4 is 17.4 Å². The Labute approximate surface area is 179 Å². The van der Waals surface area contributed by atoms with Crippen LogP contribution in [0, 0.1) is 13.8 Å². The van der Waals surface area contributed by atoms with Crippen LogP contribution in [0.5, 0.6) is 5.75 Å². The van der Waals surface area contributed by atoms with Crippen molar-refractivity contribution in [2.75, 3.05) is 37.7 Å². The maximum absolute atomic E-state index is 12.6. The van der Waals surface area contributed by atoms with Gasteiger partial charge in [0.1, 0.15) is 5.75 Å². The van der Waals surface area contributed by atoms with E-state index in [2.05, 4.69) is 43.9 Å². The summed E-state index contributed by atoms with van der Waals surface area (Å²) in [5.74, 6) is 0.831. The SMILES string of the molecule is CCCOc1ccc(C(=O)CCC(=O)N2CCN(c3cccc(C)c3C)CC2)cc1. The van der Waals surface area contributed by atoms with Gasteiger partial charge in [-0.3, -0.25) is 9.59 Å². The van der Waals surface area contributed by atoms with Gasteiger partial charge in [-0.1, -0.05) is 19.1 Å². The molecule has 0 atom stereocenters. The van der Waals surface area contributed by atoms with Gasteiger partial charge in [0, 0.05) is 50.3 Å². The van der Waals surface area contributed by atoms with Crippen LogP contribution >= 0.6 is 0 Å². The molecule has 0 saturated carbocycles. The molecule has 2 aromatic carbocycles. The van der Waals surface area contributed by atoms with Crippen LogP contribution in [0.25, 0.3) is 0 Å². The number of anilines is 1. The molecule has 0 aliphatic carbocycles. The van der Waals surface area contributed by atoms with Gasteiger partial charge >= 0.3 is 0 Å². The Bertz CT molecular complexity index is 868. The van der Waals surface area contributed by atoms with Gasteiger partial charge in [0.25, 0.3) is 0 Å². The highest BCUT2D eigenvalue weighted by molar-refractivity contribution is 5.98. The summed E-state index contributed by atoms with van der Waals surface area (Å²) in [6.45, 7) is 10.0. The number of ether oxygens (including phenoxy) is 1. The third-order valence-corrected chi connectivity index (χ3v) is 5.76. The van der Waals surface area contributed by atoms with Crippen LogP contribution in [0.15, 0.2) is 42.5 Å². The van der Waals surface area contributed by atoms with Crippen molar-refractivity contribution in [3.8, 4) is 5.75 Å². The van der Waals surface area contributed by atoms with Crippen LogP contribution in [-0.2, 0) is 4.79 Å². The quantitative estimate of drug-likeness (QED) is 0.608. The minimum Gasteiger partial charge on any atom is -0.494 e. The van der Waals surface area contributed by atoms with Crippen molar-refractivity contribution in [2.45, 2.75) is 40.0 Å². The van der Waals surface area contributed by atoms with E-state index >= 15 is 0 Å². The second-order valence-electron chi connectivity index (χ2n) is 7.88. The molecule has 30 heavy (non-hydrogen) atoms. The molecule has 1 heterocycles. The molecular formula is C25H32N2O3. The molecule has 5 heteroatoms. The van der Waals surface area contributed by atoms with Crippen molar-refractivity contribution in [3.05, 3.63) is 59.2 Å². The van der Waals surface area contributed by atoms with Crippen molar-refractivity contribution in [2.24, 2.45) is 0 Å². The van der Waals surface area contributed by atoms with E-state index < -0.39 is 0 Å². The molecule has 1 aliphatic heterocycles. The zero-order valence-corrected chi connectivity index (χ0v) is 18.3. The molecule has 0 radical (unpaired) electrons. The molecule has 1 amide bonds. The number of hydrogen-bond donors (Lipinski definition) is 0. The third-order valence-electron chi connectivity index (χ3n) is 5.76. The molecule has 0 aromatic heterocycles. The Hall–Kier alpha value is -2.82. The van der Waals surface area contributed by atoms with Crippen LogP contribution in [0.3, 0.4) is 0 Å². The number of benzene rings is 2. The minimum absolute atomic E-state index is 0.000543. The Morgan fingerprint density at radius 3 is 2.30 bits per heavy atom. The maximum Gasteiger partial charge on any atom is 0.223 e. The fourth-order valence-electron chi connectivity index (χ4n) is 3.75. The Morgan fingerprint density at radius 2 is 1.63 bits per heavy atom. The molecule has 1 saturated heterocycles. The number of amides is 1. The van der Waals surface area contributed by atoms with E-state index in [0.29, 0.717) is 25.3 Å². The van der Waals surface area contributed by atoms with E-state index in [1.54, 1.807) is 12.1 Å². The lowest BCUT2D eigenvalue weighted by atomic mass is 10.1. The van der Waals surface area contributed by atoms with Crippen LogP contribution in [0.1, 0.15) is 47.7 Å². The predicted molar refractivity (Wildman–Crippen MR) is 121 cm³/mol. The van der Waals surface area contributed by atoms with E-state index in [1.807, 2.05) is 17.0 Å². The molecule has 0 bridgehead atoms. The fourth-order valence-corrected chi connectivity index (χ4v) is 3.75. The number of aryl methyl sites for hydroxylation is 1. The molecule has 5 nitrogen and oxygen atoms in total. The first-order valence-electron chi connectivity index (χ1n) is 10.8. The van der Waals surface area contributed by atoms with E-state index in [0.717, 1.165) is 25.3 Å². The predicted octanol–water partition coefficient (Wildman–Crippen LogP) is 4.40. The highest BCUT2D eigenvalue weighted by atomic mass is 16.5. The highest BCUT2D eigenvalue weighted by Crippen LogP contribution is 2.24. The van der Waals surface area contributed by atoms with E-state index in [4.69, 9.17) is 4.74 Å². The number of piperazine rings is 1. The van der Waals surface area contributed by atoms with Crippen molar-refractivity contribution in [1.29, 1.82) is 0 Å². The average Bonchev–Trinajstić information content (AvgIpc) is 2.78. The Morgan fingerprint density at radius 1 is 0.933 bits per heavy atom. The van der Waals surface area contributed by atoms with Crippen LogP contribution in [0.4, 0.5) is 5.69 Å². The summed E-state index contributed by atoms with van der Waals surface area (Å²) in [6, 6.07) is 13.6. The molecule has 1 fully saturated rings. The second kappa shape index (κ2) is 10.3. The minimum atomic E-state index is -0.000543. The molecule has 160 valence electrons. The van der Waals surface area contributed by atoms with Crippen molar-refractivity contribution < 1.29 is 14.3 Å². The molecule has 0 N–H and O–H groups in total. The average molecular weight is 409 g/mol. The summed E-state index contributed by atoms with van der Waals surface area (Å²) in [5, 5.41) is 0. The number of carbonyl (C=O) groups excluding carboxylic acids is 2. The number of carbonyl (C=O) groups is 2. The van der Waals surface area contributed by atoms with Gasteiger partial charge in [-0.05, 0) is 61.7 Å². The van der Waals surface area contributed by atoms with E-state index in [9.17, 15) is 9.59 Å². The molecule has 0 unspecified atom stereocenters. The van der Waals surface area contributed by atoms with E-state index in [1.165, 1.54) is 16.8 Å². The molecular weight excluding hydrogens is 376 g/mol. The highest BCUT2D eigenvalue weighted by Gasteiger charge is 2.22. The second-order valence-corrected chi connectivity index (χ2v) is 7.88. The van der Waals surface area contributed by atoms with Gasteiger partial charge in [-0.15, -0.1) is 0 Å². The normalized spacial score (nSPS) is 14.0. The molecule has 2 aromatic rings. The Kier molecular flexibility index (Phi) is 7.50. The zero-order chi connectivity index (χ0) is 21.5. The Balaban J connectivity index is 1.46. The monoisotopic (exact) mass is 408 g/mol. The van der Waals surface area contributed by atoms with Crippen LogP contribution < -0.4 is 9.64 Å². The van der Waals surface area contributed by atoms with Gasteiger partial charge in [-0.2, -0.15) is 0 Å². The summed E-state index contributed by atoms with van der Waals surface area (Å²) in [4.78, 5) is 29.3. The molecule has 0 spiro atoms. The lowest BCUT2D eigenvalue weighted by molar-refractivity contribution is -0.131. The van der Waals surface area contributed by atoms with Gasteiger partial charge in [0.2, 0.25) is 5.91 Å². The lowest BCUT2D eigenvalue weighted by Crippen LogP contribution is -2.49. The summed E-state index contributed by atoms with van der Waals surface area (Å²) in [7, 11) is 0. The first-order valence-corrected chi connectivity index (χ1v) is 10.8. The van der Waals surface area contributed by atoms with Crippen LogP contribution in [-0.4, -0.2) is 49.4 Å². The van der Waals surface area contributed by atoms with Gasteiger partial charge in [-0.25, -0.2) is 0 Å². The van der Waals surface area contributed by atoms with E-state index in [-0.39, 0.29) is 24.5 Å². The number of nitrogens with zero attached hydrogens (tertiary/aromatic N) is 2. The number of Topliss-reactive ketones (excluding diaryl/α,β-unsaturated/α-hetero) is 1. The molecule has 1 aliphatic rings. The summed E-state index contributed by atoms with van der Waals surface area (Å²) in [5.41, 5.74) is 4.47. The summed E-state index contributed by atoms with van der Waals surface area (Å²) >= 11 is 0. The zero-order valence-electron chi connectivity index (χ0n) is 18.3. The standard InChI is InChI=1S/C25H32N2O3/c1-4-18-30-22-10-8-21(9-11-22)24(28)12-13-25(29)27-16-14-26(15-17-27)23-7-5-6-19(2)20(23)3/h5-11H,4,12-18H2,1-3H3. The third kappa shape index (κ3) is 5.41. The maximum atomic E-state index is 12.6. The largest absolute Gasteiger partial charge is 0.494 e. The summed E-state index contributed by atoms with van der Waals surface area (Å²) in [6.07, 6.45) is 1.45. The van der Waals surface area contributed by atoms with Gasteiger partial charge in [0.05, 0.1) is 6.61 Å². The first-order chi connectivity index (χ1) is 14.5. The van der Waals surface area contributed by atoms with Gasteiger partial charge in [0.15, 0.2) is 5.78 Å². The van der Waals surface area contributed by atoms with Crippen LogP contribution in [0.2, 0.25) is 0 Å². The summed E-state index contributed by atoms with van der Waals surface area (Å²) < 4.78 is 5.55. The number of hydrogen-bond acceptors (Lipinski definition) is 4. The molecule has 3 rings (SSSR count). The number of ketones is 1. The lowest BCUT2D eigenvalue weighted by Gasteiger charge is -2.37. The van der Waals surface area contributed by atoms with Gasteiger partial charge < -0.3 is 14.5 Å². The topological polar surface area (TPSA) is 49.9 Å². The smallest absolute Gasteiger partial charge is 0.223 e. The number of rotatable bonds is 8. The fraction of sp³-hybridized carbons (Fsp3) is 0.440.